The minimum atomic E-state index is 0. The van der Waals surface area contributed by atoms with Gasteiger partial charge in [-0.25, -0.2) is 4.98 Å². The smallest absolute Gasteiger partial charge is 0.194 e. The minimum absolute atomic E-state index is 0. The summed E-state index contributed by atoms with van der Waals surface area (Å²) in [5, 5.41) is 8.86. The Labute approximate surface area is 194 Å². The predicted octanol–water partition coefficient (Wildman–Crippen LogP) is 4.44. The molecule has 2 aromatic rings. The van der Waals surface area contributed by atoms with Gasteiger partial charge in [-0.15, -0.1) is 46.7 Å². The molecule has 0 aromatic carbocycles. The predicted molar refractivity (Wildman–Crippen MR) is 132 cm³/mol. The van der Waals surface area contributed by atoms with Crippen LogP contribution in [0.2, 0.25) is 0 Å². The summed E-state index contributed by atoms with van der Waals surface area (Å²) in [6.07, 6.45) is 2.55. The van der Waals surface area contributed by atoms with E-state index in [1.807, 2.05) is 11.3 Å². The molecule has 1 saturated heterocycles. The van der Waals surface area contributed by atoms with Crippen LogP contribution in [0.15, 0.2) is 27.9 Å². The van der Waals surface area contributed by atoms with E-state index in [1.165, 1.54) is 24.3 Å². The topological polar surface area (TPSA) is 43.8 Å². The van der Waals surface area contributed by atoms with Gasteiger partial charge in [-0.1, -0.05) is 6.07 Å². The van der Waals surface area contributed by atoms with Crippen LogP contribution in [-0.2, 0) is 13.1 Å². The van der Waals surface area contributed by atoms with Crippen LogP contribution >= 0.6 is 46.7 Å². The van der Waals surface area contributed by atoms with Gasteiger partial charge in [0.15, 0.2) is 5.96 Å². The first-order valence-electron chi connectivity index (χ1n) is 9.79. The quantitative estimate of drug-likeness (QED) is 0.325. The van der Waals surface area contributed by atoms with Gasteiger partial charge in [-0.05, 0) is 50.6 Å². The van der Waals surface area contributed by atoms with Gasteiger partial charge in [0.1, 0.15) is 0 Å². The molecule has 1 aliphatic rings. The van der Waals surface area contributed by atoms with Crippen molar-refractivity contribution < 1.29 is 0 Å². The molecule has 3 heterocycles. The summed E-state index contributed by atoms with van der Waals surface area (Å²) < 4.78 is 0. The molecule has 8 heteroatoms. The second-order valence-corrected chi connectivity index (χ2v) is 9.33. The van der Waals surface area contributed by atoms with Gasteiger partial charge in [0.05, 0.1) is 17.2 Å². The third kappa shape index (κ3) is 7.27. The lowest BCUT2D eigenvalue weighted by Gasteiger charge is -2.32. The Morgan fingerprint density at radius 3 is 2.96 bits per heavy atom. The first kappa shape index (κ1) is 23.6. The Balaban J connectivity index is 0.00000280. The van der Waals surface area contributed by atoms with E-state index in [1.54, 1.807) is 11.3 Å². The Hall–Kier alpha value is -0.710. The molecule has 1 unspecified atom stereocenters. The molecule has 0 amide bonds. The summed E-state index contributed by atoms with van der Waals surface area (Å²) in [5.41, 5.74) is 1.12. The Morgan fingerprint density at radius 1 is 1.43 bits per heavy atom. The number of aromatic nitrogens is 1. The molecule has 1 fully saturated rings. The molecule has 2 aromatic heterocycles. The van der Waals surface area contributed by atoms with E-state index in [9.17, 15) is 0 Å². The maximum absolute atomic E-state index is 4.95. The monoisotopic (exact) mass is 533 g/mol. The number of thiophene rings is 1. The molecule has 1 atom stereocenters. The van der Waals surface area contributed by atoms with Crippen molar-refractivity contribution in [3.8, 4) is 0 Å². The average molecular weight is 534 g/mol. The number of rotatable bonds is 7. The number of guanidine groups is 1. The first-order chi connectivity index (χ1) is 13.1. The molecule has 1 N–H and O–H groups in total. The van der Waals surface area contributed by atoms with E-state index in [-0.39, 0.29) is 24.0 Å². The van der Waals surface area contributed by atoms with Gasteiger partial charge in [0.2, 0.25) is 0 Å². The third-order valence-corrected chi connectivity index (χ3v) is 6.51. The van der Waals surface area contributed by atoms with Gasteiger partial charge in [0.25, 0.3) is 0 Å². The van der Waals surface area contributed by atoms with Crippen molar-refractivity contribution in [2.24, 2.45) is 10.9 Å². The van der Waals surface area contributed by atoms with Crippen LogP contribution in [0.1, 0.15) is 35.3 Å². The summed E-state index contributed by atoms with van der Waals surface area (Å²) in [7, 11) is 2.10. The lowest BCUT2D eigenvalue weighted by atomic mass is 9.98. The molecule has 0 aliphatic carbocycles. The van der Waals surface area contributed by atoms with Crippen molar-refractivity contribution in [3.05, 3.63) is 38.5 Å². The van der Waals surface area contributed by atoms with Crippen molar-refractivity contribution >= 4 is 52.6 Å². The number of piperidine rings is 1. The zero-order valence-electron chi connectivity index (χ0n) is 17.1. The number of nitrogens with one attached hydrogen (secondary N) is 1. The molecule has 28 heavy (non-hydrogen) atoms. The fraction of sp³-hybridized carbons (Fsp3) is 0.600. The van der Waals surface area contributed by atoms with Crippen molar-refractivity contribution in [1.82, 2.24) is 20.1 Å². The van der Waals surface area contributed by atoms with Gasteiger partial charge in [-0.3, -0.25) is 9.89 Å². The highest BCUT2D eigenvalue weighted by molar-refractivity contribution is 14.0. The highest BCUT2D eigenvalue weighted by Gasteiger charge is 2.20. The van der Waals surface area contributed by atoms with Gasteiger partial charge in [-0.2, -0.15) is 0 Å². The number of likely N-dealkylation sites (tertiary alicyclic amines) is 1. The van der Waals surface area contributed by atoms with Crippen molar-refractivity contribution in [2.75, 3.05) is 33.2 Å². The molecule has 0 bridgehead atoms. The Kier molecular flexibility index (Phi) is 10.2. The normalized spacial score (nSPS) is 18.0. The van der Waals surface area contributed by atoms with E-state index < -0.39 is 0 Å². The third-order valence-electron chi connectivity index (χ3n) is 4.82. The first-order valence-corrected chi connectivity index (χ1v) is 11.5. The standard InChI is InChI=1S/C20H31N5S2.HI/c1-4-21-20(24(3)13-18-15-27-16(2)23-18)22-11-17-7-5-9-25(12-17)14-19-8-6-10-26-19;/h6,8,10,15,17H,4-5,7,9,11-14H2,1-3H3,(H,21,22);1H. The van der Waals surface area contributed by atoms with E-state index in [4.69, 9.17) is 4.99 Å². The molecule has 156 valence electrons. The van der Waals surface area contributed by atoms with Crippen molar-refractivity contribution in [3.63, 3.8) is 0 Å². The second kappa shape index (κ2) is 12.1. The lowest BCUT2D eigenvalue weighted by molar-refractivity contribution is 0.172. The highest BCUT2D eigenvalue weighted by atomic mass is 127. The van der Waals surface area contributed by atoms with Crippen LogP contribution in [0, 0.1) is 12.8 Å². The Bertz CT molecular complexity index is 716. The lowest BCUT2D eigenvalue weighted by Crippen LogP contribution is -2.40. The summed E-state index contributed by atoms with van der Waals surface area (Å²) in [5.74, 6) is 1.63. The number of nitrogens with zero attached hydrogens (tertiary/aromatic N) is 4. The molecule has 0 spiro atoms. The summed E-state index contributed by atoms with van der Waals surface area (Å²) in [4.78, 5) is 15.8. The van der Waals surface area contributed by atoms with E-state index in [2.05, 4.69) is 63.9 Å². The minimum Gasteiger partial charge on any atom is -0.357 e. The summed E-state index contributed by atoms with van der Waals surface area (Å²) in [6.45, 7) is 10.2. The number of aliphatic imine (C=N–C) groups is 1. The Morgan fingerprint density at radius 2 is 2.29 bits per heavy atom. The van der Waals surface area contributed by atoms with Crippen LogP contribution in [0.25, 0.3) is 0 Å². The molecular weight excluding hydrogens is 501 g/mol. The van der Waals surface area contributed by atoms with Gasteiger partial charge >= 0.3 is 0 Å². The van der Waals surface area contributed by atoms with Crippen LogP contribution in [0.3, 0.4) is 0 Å². The maximum atomic E-state index is 4.95. The SMILES string of the molecule is CCNC(=NCC1CCCN(Cc2cccs2)C1)N(C)Cc1csc(C)n1.I. The van der Waals surface area contributed by atoms with Crippen molar-refractivity contribution in [2.45, 2.75) is 39.8 Å². The second-order valence-electron chi connectivity index (χ2n) is 7.23. The van der Waals surface area contributed by atoms with E-state index >= 15 is 0 Å². The van der Waals surface area contributed by atoms with Gasteiger partial charge < -0.3 is 10.2 Å². The van der Waals surface area contributed by atoms with E-state index in [0.29, 0.717) is 5.92 Å². The van der Waals surface area contributed by atoms with Crippen molar-refractivity contribution in [1.29, 1.82) is 0 Å². The molecule has 1 aliphatic heterocycles. The zero-order valence-corrected chi connectivity index (χ0v) is 21.0. The summed E-state index contributed by atoms with van der Waals surface area (Å²) in [6, 6.07) is 4.39. The van der Waals surface area contributed by atoms with E-state index in [0.717, 1.165) is 49.4 Å². The zero-order chi connectivity index (χ0) is 19.1. The number of hydrogen-bond donors (Lipinski definition) is 1. The number of halogens is 1. The number of aryl methyl sites for hydroxylation is 1. The van der Waals surface area contributed by atoms with Crippen LogP contribution in [0.4, 0.5) is 0 Å². The molecular formula is C20H32IN5S2. The maximum Gasteiger partial charge on any atom is 0.194 e. The molecule has 5 nitrogen and oxygen atoms in total. The fourth-order valence-electron chi connectivity index (χ4n) is 3.55. The average Bonchev–Trinajstić information content (AvgIpc) is 3.30. The number of hydrogen-bond acceptors (Lipinski definition) is 5. The van der Waals surface area contributed by atoms with Crippen LogP contribution in [-0.4, -0.2) is 54.0 Å². The molecule has 0 radical (unpaired) electrons. The van der Waals surface area contributed by atoms with Crippen LogP contribution < -0.4 is 5.32 Å². The van der Waals surface area contributed by atoms with Crippen LogP contribution in [0.5, 0.6) is 0 Å². The highest BCUT2D eigenvalue weighted by Crippen LogP contribution is 2.20. The largest absolute Gasteiger partial charge is 0.357 e. The number of thiazole rings is 1. The summed E-state index contributed by atoms with van der Waals surface area (Å²) >= 11 is 3.56. The molecule has 0 saturated carbocycles. The fourth-order valence-corrected chi connectivity index (χ4v) is 4.90. The van der Waals surface area contributed by atoms with Gasteiger partial charge in [0, 0.05) is 43.5 Å². The molecule has 3 rings (SSSR count).